The predicted molar refractivity (Wildman–Crippen MR) is 120 cm³/mol. The number of carbonyl (C=O) groups excluding carboxylic acids is 1. The van der Waals surface area contributed by atoms with E-state index in [0.717, 1.165) is 37.2 Å². The van der Waals surface area contributed by atoms with Crippen LogP contribution >= 0.6 is 0 Å². The topological polar surface area (TPSA) is 58.4 Å². The molecule has 1 aliphatic heterocycles. The quantitative estimate of drug-likeness (QED) is 0.562. The Hall–Kier alpha value is -2.66. The van der Waals surface area contributed by atoms with Crippen molar-refractivity contribution in [1.82, 2.24) is 15.2 Å². The van der Waals surface area contributed by atoms with Gasteiger partial charge in [0.15, 0.2) is 11.5 Å². The molecule has 0 radical (unpaired) electrons. The molecular weight excluding hydrogens is 374 g/mol. The lowest BCUT2D eigenvalue weighted by Gasteiger charge is -2.30. The molecule has 1 atom stereocenters. The van der Waals surface area contributed by atoms with Gasteiger partial charge in [0.25, 0.3) is 5.91 Å². The van der Waals surface area contributed by atoms with Gasteiger partial charge in [-0.25, -0.2) is 4.98 Å². The number of hydrogen-bond donors (Lipinski definition) is 1. The second-order valence-corrected chi connectivity index (χ2v) is 8.43. The summed E-state index contributed by atoms with van der Waals surface area (Å²) in [5.41, 5.74) is 3.36. The first-order valence-corrected chi connectivity index (χ1v) is 11.1. The van der Waals surface area contributed by atoms with Crippen molar-refractivity contribution in [1.29, 1.82) is 0 Å². The molecule has 0 aliphatic carbocycles. The molecule has 0 unspecified atom stereocenters. The zero-order valence-corrected chi connectivity index (χ0v) is 17.8. The molecule has 5 nitrogen and oxygen atoms in total. The average molecular weight is 406 g/mol. The molecule has 1 saturated heterocycles. The van der Waals surface area contributed by atoms with Gasteiger partial charge in [0.1, 0.15) is 5.52 Å². The Labute approximate surface area is 178 Å². The minimum absolute atomic E-state index is 0.0499. The van der Waals surface area contributed by atoms with E-state index in [1.165, 1.54) is 31.5 Å². The van der Waals surface area contributed by atoms with Gasteiger partial charge in [0.05, 0.1) is 0 Å². The van der Waals surface area contributed by atoms with Crippen LogP contribution in [-0.4, -0.2) is 42.0 Å². The summed E-state index contributed by atoms with van der Waals surface area (Å²) in [4.78, 5) is 19.6. The van der Waals surface area contributed by atoms with Crippen molar-refractivity contribution < 1.29 is 9.21 Å². The van der Waals surface area contributed by atoms with Gasteiger partial charge in [0, 0.05) is 25.1 Å². The van der Waals surface area contributed by atoms with Crippen LogP contribution in [0.25, 0.3) is 11.1 Å². The monoisotopic (exact) mass is 405 g/mol. The minimum Gasteiger partial charge on any atom is -0.441 e. The maximum atomic E-state index is 12.5. The van der Waals surface area contributed by atoms with Gasteiger partial charge in [-0.3, -0.25) is 4.79 Å². The van der Waals surface area contributed by atoms with Crippen LogP contribution in [0.5, 0.6) is 0 Å². The van der Waals surface area contributed by atoms with Crippen molar-refractivity contribution in [3.63, 3.8) is 0 Å². The highest BCUT2D eigenvalue weighted by Gasteiger charge is 2.16. The van der Waals surface area contributed by atoms with E-state index in [4.69, 9.17) is 4.42 Å². The Kier molecular flexibility index (Phi) is 6.80. The second-order valence-electron chi connectivity index (χ2n) is 8.43. The minimum atomic E-state index is -0.0499. The molecule has 30 heavy (non-hydrogen) atoms. The number of aromatic nitrogens is 1. The van der Waals surface area contributed by atoms with E-state index in [1.807, 2.05) is 30.3 Å². The summed E-state index contributed by atoms with van der Waals surface area (Å²) < 4.78 is 5.90. The van der Waals surface area contributed by atoms with Crippen LogP contribution < -0.4 is 5.32 Å². The van der Waals surface area contributed by atoms with E-state index in [2.05, 4.69) is 34.3 Å². The number of aryl methyl sites for hydroxylation is 2. The summed E-state index contributed by atoms with van der Waals surface area (Å²) in [6.45, 7) is 6.44. The summed E-state index contributed by atoms with van der Waals surface area (Å²) in [7, 11) is 0. The number of oxazole rings is 1. The van der Waals surface area contributed by atoms with Crippen LogP contribution in [0, 0.1) is 5.92 Å². The molecule has 4 rings (SSSR count). The van der Waals surface area contributed by atoms with E-state index in [9.17, 15) is 4.79 Å². The number of amides is 1. The normalized spacial score (nSPS) is 17.3. The van der Waals surface area contributed by atoms with E-state index in [1.54, 1.807) is 6.07 Å². The Bertz CT molecular complexity index is 967. The van der Waals surface area contributed by atoms with Crippen LogP contribution in [0.2, 0.25) is 0 Å². The molecule has 5 heteroatoms. The summed E-state index contributed by atoms with van der Waals surface area (Å²) in [6, 6.07) is 15.8. The summed E-state index contributed by atoms with van der Waals surface area (Å²) in [6.07, 6.45) is 5.24. The molecule has 0 saturated carbocycles. The third-order valence-corrected chi connectivity index (χ3v) is 5.84. The second kappa shape index (κ2) is 9.90. The fourth-order valence-corrected chi connectivity index (χ4v) is 4.21. The van der Waals surface area contributed by atoms with Crippen LogP contribution in [0.1, 0.15) is 48.0 Å². The fourth-order valence-electron chi connectivity index (χ4n) is 4.21. The predicted octanol–water partition coefficient (Wildman–Crippen LogP) is 4.46. The number of piperidine rings is 1. The fraction of sp³-hybridized carbons (Fsp3) is 0.440. The average Bonchev–Trinajstić information content (AvgIpc) is 3.18. The first kappa shape index (κ1) is 20.6. The van der Waals surface area contributed by atoms with Gasteiger partial charge < -0.3 is 14.6 Å². The maximum absolute atomic E-state index is 12.5. The zero-order chi connectivity index (χ0) is 20.8. The molecule has 1 amide bonds. The largest absolute Gasteiger partial charge is 0.441 e. The van der Waals surface area contributed by atoms with Crippen molar-refractivity contribution in [3.05, 3.63) is 65.5 Å². The van der Waals surface area contributed by atoms with Gasteiger partial charge in [-0.1, -0.05) is 37.3 Å². The number of nitrogens with zero attached hydrogens (tertiary/aromatic N) is 2. The summed E-state index contributed by atoms with van der Waals surface area (Å²) in [5.74, 6) is 1.45. The lowest BCUT2D eigenvalue weighted by Crippen LogP contribution is -2.36. The molecular formula is C25H31N3O2. The van der Waals surface area contributed by atoms with Crippen LogP contribution in [0.15, 0.2) is 52.9 Å². The third kappa shape index (κ3) is 5.48. The van der Waals surface area contributed by atoms with Crippen molar-refractivity contribution >= 4 is 17.0 Å². The van der Waals surface area contributed by atoms with Crippen molar-refractivity contribution in [2.24, 2.45) is 5.92 Å². The lowest BCUT2D eigenvalue weighted by atomic mass is 10.0. The van der Waals surface area contributed by atoms with Crippen LogP contribution in [-0.2, 0) is 12.8 Å². The SMILES string of the molecule is C[C@H]1CCCN(CCCNC(=O)c2ccc3nc(CCc4ccccc4)oc3c2)C1. The van der Waals surface area contributed by atoms with Crippen LogP contribution in [0.3, 0.4) is 0 Å². The third-order valence-electron chi connectivity index (χ3n) is 5.84. The first-order valence-electron chi connectivity index (χ1n) is 11.1. The highest BCUT2D eigenvalue weighted by molar-refractivity contribution is 5.96. The van der Waals surface area contributed by atoms with E-state index in [-0.39, 0.29) is 5.91 Å². The van der Waals surface area contributed by atoms with Gasteiger partial charge in [0.2, 0.25) is 0 Å². The van der Waals surface area contributed by atoms with Gasteiger partial charge in [-0.2, -0.15) is 0 Å². The number of rotatable bonds is 8. The van der Waals surface area contributed by atoms with Gasteiger partial charge in [-0.15, -0.1) is 0 Å². The highest BCUT2D eigenvalue weighted by atomic mass is 16.3. The number of likely N-dealkylation sites (tertiary alicyclic amines) is 1. The Balaban J connectivity index is 1.27. The highest BCUT2D eigenvalue weighted by Crippen LogP contribution is 2.19. The number of fused-ring (bicyclic) bond motifs is 1. The van der Waals surface area contributed by atoms with Crippen LogP contribution in [0.4, 0.5) is 0 Å². The molecule has 2 heterocycles. The Morgan fingerprint density at radius 2 is 2.07 bits per heavy atom. The number of benzene rings is 2. The molecule has 1 aliphatic rings. The van der Waals surface area contributed by atoms with Crippen molar-refractivity contribution in [3.8, 4) is 0 Å². The smallest absolute Gasteiger partial charge is 0.251 e. The number of hydrogen-bond acceptors (Lipinski definition) is 4. The number of nitrogens with one attached hydrogen (secondary N) is 1. The van der Waals surface area contributed by atoms with Crippen molar-refractivity contribution in [2.45, 2.75) is 39.0 Å². The van der Waals surface area contributed by atoms with E-state index < -0.39 is 0 Å². The standard InChI is InChI=1S/C25H31N3O2/c1-19-7-5-15-28(18-19)16-6-14-26-25(29)21-11-12-22-23(17-21)30-24(27-22)13-10-20-8-3-2-4-9-20/h2-4,8-9,11-12,17,19H,5-7,10,13-16,18H2,1H3,(H,26,29)/t19-/m0/s1. The first-order chi connectivity index (χ1) is 14.7. The lowest BCUT2D eigenvalue weighted by molar-refractivity contribution is 0.0950. The molecule has 158 valence electrons. The molecule has 0 spiro atoms. The molecule has 1 N–H and O–H groups in total. The van der Waals surface area contributed by atoms with Gasteiger partial charge in [-0.05, 0) is 68.5 Å². The number of carbonyl (C=O) groups is 1. The van der Waals surface area contributed by atoms with Gasteiger partial charge >= 0.3 is 0 Å². The molecule has 1 fully saturated rings. The molecule has 1 aromatic heterocycles. The molecule has 0 bridgehead atoms. The Morgan fingerprint density at radius 1 is 1.20 bits per heavy atom. The van der Waals surface area contributed by atoms with E-state index in [0.29, 0.717) is 23.6 Å². The molecule has 3 aromatic rings. The zero-order valence-electron chi connectivity index (χ0n) is 17.8. The maximum Gasteiger partial charge on any atom is 0.251 e. The summed E-state index contributed by atoms with van der Waals surface area (Å²) >= 11 is 0. The summed E-state index contributed by atoms with van der Waals surface area (Å²) in [5, 5.41) is 3.04. The van der Waals surface area contributed by atoms with Crippen molar-refractivity contribution in [2.75, 3.05) is 26.2 Å². The van der Waals surface area contributed by atoms with E-state index >= 15 is 0 Å². The Morgan fingerprint density at radius 3 is 2.90 bits per heavy atom. The molecule has 2 aromatic carbocycles.